The van der Waals surface area contributed by atoms with Gasteiger partial charge in [0.2, 0.25) is 0 Å². The number of carbonyl (C=O) groups is 2. The van der Waals surface area contributed by atoms with Gasteiger partial charge in [-0.1, -0.05) is 0 Å². The molecule has 24 heavy (non-hydrogen) atoms. The zero-order chi connectivity index (χ0) is 17.9. The van der Waals surface area contributed by atoms with Gasteiger partial charge in [-0.05, 0) is 65.7 Å². The van der Waals surface area contributed by atoms with Crippen LogP contribution in [-0.2, 0) is 0 Å². The third-order valence-electron chi connectivity index (χ3n) is 3.24. The van der Waals surface area contributed by atoms with Crippen molar-refractivity contribution in [2.24, 2.45) is 0 Å². The molecule has 126 valence electrons. The van der Waals surface area contributed by atoms with Crippen molar-refractivity contribution in [3.05, 3.63) is 57.3 Å². The van der Waals surface area contributed by atoms with Crippen LogP contribution in [0.2, 0.25) is 0 Å². The maximum Gasteiger partial charge on any atom is 0.338 e. The minimum atomic E-state index is -1.36. The van der Waals surface area contributed by atoms with Gasteiger partial charge < -0.3 is 15.2 Å². The zero-order valence-corrected chi connectivity index (χ0v) is 14.6. The Bertz CT molecular complexity index is 784. The van der Waals surface area contributed by atoms with Crippen LogP contribution in [0, 0.1) is 12.7 Å². The molecule has 7 heteroatoms. The highest BCUT2D eigenvalue weighted by molar-refractivity contribution is 9.10. The molecule has 0 bridgehead atoms. The number of carbonyl (C=O) groups excluding carboxylic acids is 1. The fraction of sp³-hybridized carbons (Fsp3) is 0.176. The number of carboxylic acids is 1. The standard InChI is InChI=1S/C17H15BrFNO4/c1-3-24-15-9(2)6-10(7-13(15)18)16(21)20-11-4-5-12(17(22)23)14(19)8-11/h4-8H,3H2,1-2H3,(H,20,21)(H,22,23). The highest BCUT2D eigenvalue weighted by Crippen LogP contribution is 2.30. The largest absolute Gasteiger partial charge is 0.492 e. The van der Waals surface area contributed by atoms with Crippen molar-refractivity contribution in [2.45, 2.75) is 13.8 Å². The Morgan fingerprint density at radius 3 is 2.54 bits per heavy atom. The van der Waals surface area contributed by atoms with E-state index in [2.05, 4.69) is 21.2 Å². The van der Waals surface area contributed by atoms with Gasteiger partial charge in [0, 0.05) is 11.3 Å². The highest BCUT2D eigenvalue weighted by atomic mass is 79.9. The first-order chi connectivity index (χ1) is 11.3. The molecule has 0 saturated carbocycles. The molecule has 2 aromatic carbocycles. The Balaban J connectivity index is 2.24. The van der Waals surface area contributed by atoms with E-state index in [1.807, 2.05) is 13.8 Å². The number of hydrogen-bond acceptors (Lipinski definition) is 3. The zero-order valence-electron chi connectivity index (χ0n) is 13.0. The lowest BCUT2D eigenvalue weighted by molar-refractivity contribution is 0.0692. The first-order valence-corrected chi connectivity index (χ1v) is 7.90. The van der Waals surface area contributed by atoms with E-state index in [0.29, 0.717) is 22.4 Å². The molecular weight excluding hydrogens is 381 g/mol. The van der Waals surface area contributed by atoms with Gasteiger partial charge in [-0.15, -0.1) is 0 Å². The Kier molecular flexibility index (Phi) is 5.56. The monoisotopic (exact) mass is 395 g/mol. The third-order valence-corrected chi connectivity index (χ3v) is 3.83. The van der Waals surface area contributed by atoms with E-state index in [-0.39, 0.29) is 5.69 Å². The van der Waals surface area contributed by atoms with Gasteiger partial charge in [0.25, 0.3) is 5.91 Å². The van der Waals surface area contributed by atoms with Gasteiger partial charge in [-0.3, -0.25) is 4.79 Å². The molecule has 2 N–H and O–H groups in total. The molecule has 1 amide bonds. The fourth-order valence-electron chi connectivity index (χ4n) is 2.16. The summed E-state index contributed by atoms with van der Waals surface area (Å²) in [5.41, 5.74) is 0.868. The van der Waals surface area contributed by atoms with Crippen LogP contribution >= 0.6 is 15.9 Å². The molecule has 0 radical (unpaired) electrons. The number of aryl methyl sites for hydroxylation is 1. The summed E-state index contributed by atoms with van der Waals surface area (Å²) < 4.78 is 19.8. The smallest absolute Gasteiger partial charge is 0.338 e. The lowest BCUT2D eigenvalue weighted by atomic mass is 10.1. The normalized spacial score (nSPS) is 10.3. The molecule has 0 aliphatic rings. The number of hydrogen-bond donors (Lipinski definition) is 2. The molecule has 5 nitrogen and oxygen atoms in total. The van der Waals surface area contributed by atoms with Crippen LogP contribution in [-0.4, -0.2) is 23.6 Å². The molecule has 0 unspecified atom stereocenters. The van der Waals surface area contributed by atoms with E-state index < -0.39 is 23.3 Å². The van der Waals surface area contributed by atoms with Gasteiger partial charge in [0.15, 0.2) is 0 Å². The number of nitrogens with one attached hydrogen (secondary N) is 1. The molecular formula is C17H15BrFNO4. The van der Waals surface area contributed by atoms with Gasteiger partial charge in [0.05, 0.1) is 16.6 Å². The summed E-state index contributed by atoms with van der Waals surface area (Å²) in [6.45, 7) is 4.18. The molecule has 2 rings (SSSR count). The SMILES string of the molecule is CCOc1c(C)cc(C(=O)Nc2ccc(C(=O)O)c(F)c2)cc1Br. The van der Waals surface area contributed by atoms with Gasteiger partial charge in [-0.2, -0.15) is 0 Å². The van der Waals surface area contributed by atoms with Crippen LogP contribution in [0.3, 0.4) is 0 Å². The molecule has 0 aliphatic carbocycles. The molecule has 2 aromatic rings. The number of aromatic carboxylic acids is 1. The van der Waals surface area contributed by atoms with E-state index >= 15 is 0 Å². The minimum absolute atomic E-state index is 0.171. The lowest BCUT2D eigenvalue weighted by Crippen LogP contribution is -2.13. The van der Waals surface area contributed by atoms with Gasteiger partial charge in [-0.25, -0.2) is 9.18 Å². The Morgan fingerprint density at radius 1 is 1.29 bits per heavy atom. The van der Waals surface area contributed by atoms with Crippen LogP contribution in [0.25, 0.3) is 0 Å². The number of halogens is 2. The highest BCUT2D eigenvalue weighted by Gasteiger charge is 2.15. The summed E-state index contributed by atoms with van der Waals surface area (Å²) in [4.78, 5) is 23.1. The van der Waals surface area contributed by atoms with E-state index in [0.717, 1.165) is 17.7 Å². The Labute approximate surface area is 146 Å². The second kappa shape index (κ2) is 7.44. The first kappa shape index (κ1) is 17.9. The number of carboxylic acid groups (broad SMARTS) is 1. The Morgan fingerprint density at radius 2 is 2.00 bits per heavy atom. The fourth-order valence-corrected chi connectivity index (χ4v) is 2.83. The van der Waals surface area contributed by atoms with Gasteiger partial charge in [0.1, 0.15) is 11.6 Å². The number of rotatable bonds is 5. The lowest BCUT2D eigenvalue weighted by Gasteiger charge is -2.12. The summed E-state index contributed by atoms with van der Waals surface area (Å²) in [5.74, 6) is -2.06. The molecule has 0 aromatic heterocycles. The van der Waals surface area contributed by atoms with E-state index in [1.165, 1.54) is 6.07 Å². The van der Waals surface area contributed by atoms with Crippen molar-refractivity contribution in [2.75, 3.05) is 11.9 Å². The van der Waals surface area contributed by atoms with E-state index in [1.54, 1.807) is 12.1 Å². The van der Waals surface area contributed by atoms with Crippen LogP contribution in [0.1, 0.15) is 33.2 Å². The second-order valence-corrected chi connectivity index (χ2v) is 5.85. The maximum absolute atomic E-state index is 13.7. The molecule has 0 spiro atoms. The summed E-state index contributed by atoms with van der Waals surface area (Å²) in [5, 5.41) is 11.3. The van der Waals surface area contributed by atoms with Crippen molar-refractivity contribution in [1.29, 1.82) is 0 Å². The quantitative estimate of drug-likeness (QED) is 0.793. The summed E-state index contributed by atoms with van der Waals surface area (Å²) in [6, 6.07) is 6.67. The summed E-state index contributed by atoms with van der Waals surface area (Å²) in [6.07, 6.45) is 0. The van der Waals surface area contributed by atoms with E-state index in [9.17, 15) is 14.0 Å². The predicted molar refractivity (Wildman–Crippen MR) is 91.4 cm³/mol. The van der Waals surface area contributed by atoms with Crippen molar-refractivity contribution in [3.8, 4) is 5.75 Å². The number of benzene rings is 2. The number of anilines is 1. The van der Waals surface area contributed by atoms with Crippen LogP contribution < -0.4 is 10.1 Å². The minimum Gasteiger partial charge on any atom is -0.492 e. The summed E-state index contributed by atoms with van der Waals surface area (Å²) >= 11 is 3.36. The molecule has 0 atom stereocenters. The number of ether oxygens (including phenoxy) is 1. The summed E-state index contributed by atoms with van der Waals surface area (Å²) in [7, 11) is 0. The van der Waals surface area contributed by atoms with Crippen LogP contribution in [0.15, 0.2) is 34.8 Å². The van der Waals surface area contributed by atoms with Crippen molar-refractivity contribution in [1.82, 2.24) is 0 Å². The first-order valence-electron chi connectivity index (χ1n) is 7.10. The van der Waals surface area contributed by atoms with Crippen molar-refractivity contribution < 1.29 is 23.8 Å². The van der Waals surface area contributed by atoms with Gasteiger partial charge >= 0.3 is 5.97 Å². The van der Waals surface area contributed by atoms with Crippen LogP contribution in [0.5, 0.6) is 5.75 Å². The average molecular weight is 396 g/mol. The average Bonchev–Trinajstić information content (AvgIpc) is 2.50. The number of amides is 1. The van der Waals surface area contributed by atoms with Crippen molar-refractivity contribution >= 4 is 33.5 Å². The molecule has 0 fully saturated rings. The molecule has 0 saturated heterocycles. The van der Waals surface area contributed by atoms with E-state index in [4.69, 9.17) is 9.84 Å². The third kappa shape index (κ3) is 3.91. The molecule has 0 aliphatic heterocycles. The van der Waals surface area contributed by atoms with Crippen molar-refractivity contribution in [3.63, 3.8) is 0 Å². The second-order valence-electron chi connectivity index (χ2n) is 4.99. The predicted octanol–water partition coefficient (Wildman–Crippen LogP) is 4.25. The Hall–Kier alpha value is -2.41. The van der Waals surface area contributed by atoms with Crippen LogP contribution in [0.4, 0.5) is 10.1 Å². The topological polar surface area (TPSA) is 75.6 Å². The molecule has 0 heterocycles. The maximum atomic E-state index is 13.7.